The molecule has 1 fully saturated rings. The molecule has 1 aliphatic heterocycles. The van der Waals surface area contributed by atoms with E-state index in [-0.39, 0.29) is 11.9 Å². The van der Waals surface area contributed by atoms with Gasteiger partial charge < -0.3 is 14.7 Å². The fraction of sp³-hybridized carbons (Fsp3) is 0.417. The van der Waals surface area contributed by atoms with Gasteiger partial charge in [-0.3, -0.25) is 4.79 Å². The summed E-state index contributed by atoms with van der Waals surface area (Å²) in [4.78, 5) is 22.5. The van der Waals surface area contributed by atoms with E-state index >= 15 is 0 Å². The lowest BCUT2D eigenvalue weighted by Crippen LogP contribution is -3.28. The number of aromatic nitrogens is 1. The van der Waals surface area contributed by atoms with Crippen molar-refractivity contribution in [1.29, 1.82) is 0 Å². The van der Waals surface area contributed by atoms with Crippen molar-refractivity contribution in [2.75, 3.05) is 39.8 Å². The van der Waals surface area contributed by atoms with E-state index in [2.05, 4.69) is 44.2 Å². The Morgan fingerprint density at radius 1 is 1.10 bits per heavy atom. The molecule has 1 atom stereocenters. The number of fused-ring (bicyclic) bond motifs is 1. The van der Waals surface area contributed by atoms with E-state index in [1.807, 2.05) is 30.1 Å². The number of rotatable bonds is 6. The lowest BCUT2D eigenvalue weighted by molar-refractivity contribution is -1.02. The molecule has 0 aliphatic carbocycles. The number of hydrogen-bond donors (Lipinski definition) is 2. The second-order valence-electron chi connectivity index (χ2n) is 8.54. The molecule has 0 unspecified atom stereocenters. The molecule has 2 heterocycles. The highest BCUT2D eigenvalue weighted by atomic mass is 32.1. The minimum Gasteiger partial charge on any atom is -0.332 e. The number of nitrogens with one attached hydrogen (secondary N) is 2. The third-order valence-corrected chi connectivity index (χ3v) is 7.45. The summed E-state index contributed by atoms with van der Waals surface area (Å²) in [6.07, 6.45) is 0. The first kappa shape index (κ1) is 21.0. The van der Waals surface area contributed by atoms with Crippen molar-refractivity contribution >= 4 is 27.5 Å². The Kier molecular flexibility index (Phi) is 6.46. The number of nitrogens with zero attached hydrogens (tertiary/aromatic N) is 2. The molecular weight excluding hydrogens is 392 g/mol. The molecule has 2 N–H and O–H groups in total. The van der Waals surface area contributed by atoms with Gasteiger partial charge in [-0.25, -0.2) is 4.98 Å². The van der Waals surface area contributed by atoms with Crippen LogP contribution in [-0.4, -0.2) is 55.6 Å². The fourth-order valence-electron chi connectivity index (χ4n) is 4.21. The standard InChI is InChI=1S/C24H30N4OS/c1-18-7-6-8-20(15-18)16-27-11-13-28(14-12-27)17-23(29)26(3)19(2)24-25-21-9-4-5-10-22(21)30-24/h4-10,15,19H,11-14,16-17H2,1-3H3/p+2/t19-/m1/s1. The predicted octanol–water partition coefficient (Wildman–Crippen LogP) is 1.11. The van der Waals surface area contributed by atoms with Crippen molar-refractivity contribution in [2.24, 2.45) is 0 Å². The van der Waals surface area contributed by atoms with Gasteiger partial charge in [0.2, 0.25) is 0 Å². The predicted molar refractivity (Wildman–Crippen MR) is 122 cm³/mol. The zero-order valence-corrected chi connectivity index (χ0v) is 19.0. The molecule has 1 aliphatic rings. The summed E-state index contributed by atoms with van der Waals surface area (Å²) >= 11 is 1.68. The van der Waals surface area contributed by atoms with Crippen molar-refractivity contribution in [3.05, 3.63) is 64.7 Å². The first-order valence-electron chi connectivity index (χ1n) is 10.8. The number of thiazole rings is 1. The van der Waals surface area contributed by atoms with E-state index in [0.29, 0.717) is 6.54 Å². The van der Waals surface area contributed by atoms with E-state index in [0.717, 1.165) is 43.2 Å². The number of piperazine rings is 1. The van der Waals surface area contributed by atoms with Gasteiger partial charge in [-0.2, -0.15) is 0 Å². The molecule has 1 saturated heterocycles. The van der Waals surface area contributed by atoms with Crippen molar-refractivity contribution in [1.82, 2.24) is 9.88 Å². The summed E-state index contributed by atoms with van der Waals surface area (Å²) in [7, 11) is 1.91. The Morgan fingerprint density at radius 3 is 2.57 bits per heavy atom. The van der Waals surface area contributed by atoms with Gasteiger partial charge in [-0.15, -0.1) is 11.3 Å². The van der Waals surface area contributed by atoms with Crippen LogP contribution in [0.3, 0.4) is 0 Å². The van der Waals surface area contributed by atoms with Crippen LogP contribution in [0.1, 0.15) is 29.1 Å². The maximum absolute atomic E-state index is 12.9. The zero-order valence-electron chi connectivity index (χ0n) is 18.1. The van der Waals surface area contributed by atoms with Gasteiger partial charge >= 0.3 is 0 Å². The number of benzene rings is 2. The fourth-order valence-corrected chi connectivity index (χ4v) is 5.27. The van der Waals surface area contributed by atoms with Crippen LogP contribution >= 0.6 is 11.3 Å². The Balaban J connectivity index is 1.28. The lowest BCUT2D eigenvalue weighted by atomic mass is 10.1. The maximum atomic E-state index is 12.9. The summed E-state index contributed by atoms with van der Waals surface area (Å²) < 4.78 is 1.18. The highest BCUT2D eigenvalue weighted by molar-refractivity contribution is 7.18. The second-order valence-corrected chi connectivity index (χ2v) is 9.61. The van der Waals surface area contributed by atoms with Crippen molar-refractivity contribution < 1.29 is 14.6 Å². The highest BCUT2D eigenvalue weighted by Crippen LogP contribution is 2.28. The zero-order chi connectivity index (χ0) is 21.1. The van der Waals surface area contributed by atoms with Gasteiger partial charge in [0.25, 0.3) is 5.91 Å². The van der Waals surface area contributed by atoms with Crippen LogP contribution in [0.15, 0.2) is 48.5 Å². The summed E-state index contributed by atoms with van der Waals surface area (Å²) in [5, 5.41) is 1.01. The van der Waals surface area contributed by atoms with E-state index in [9.17, 15) is 4.79 Å². The van der Waals surface area contributed by atoms with Gasteiger partial charge in [0.15, 0.2) is 6.54 Å². The van der Waals surface area contributed by atoms with Gasteiger partial charge in [-0.1, -0.05) is 42.0 Å². The van der Waals surface area contributed by atoms with Crippen LogP contribution < -0.4 is 9.80 Å². The van der Waals surface area contributed by atoms with Crippen molar-refractivity contribution in [3.8, 4) is 0 Å². The van der Waals surface area contributed by atoms with Crippen LogP contribution in [0.2, 0.25) is 0 Å². The smallest absolute Gasteiger partial charge is 0.278 e. The van der Waals surface area contributed by atoms with Crippen LogP contribution in [0, 0.1) is 6.92 Å². The van der Waals surface area contributed by atoms with E-state index in [1.165, 1.54) is 20.7 Å². The molecule has 3 aromatic rings. The first-order chi connectivity index (χ1) is 14.5. The SMILES string of the molecule is Cc1cccc(C[NH+]2CC[NH+](CC(=O)N(C)[C@H](C)c3nc4ccccc4s3)CC2)c1. The maximum Gasteiger partial charge on any atom is 0.278 e. The number of aryl methyl sites for hydroxylation is 1. The van der Waals surface area contributed by atoms with Crippen LogP contribution in [0.25, 0.3) is 10.2 Å². The Morgan fingerprint density at radius 2 is 1.83 bits per heavy atom. The molecule has 5 nitrogen and oxygen atoms in total. The van der Waals surface area contributed by atoms with Gasteiger partial charge in [0, 0.05) is 12.6 Å². The molecule has 0 radical (unpaired) electrons. The van der Waals surface area contributed by atoms with Crippen LogP contribution in [-0.2, 0) is 11.3 Å². The molecule has 6 heteroatoms. The average molecular weight is 425 g/mol. The molecule has 1 amide bonds. The number of carbonyl (C=O) groups excluding carboxylic acids is 1. The van der Waals surface area contributed by atoms with Gasteiger partial charge in [-0.05, 0) is 26.0 Å². The molecule has 2 aromatic carbocycles. The molecule has 0 bridgehead atoms. The highest BCUT2D eigenvalue weighted by Gasteiger charge is 2.28. The quantitative estimate of drug-likeness (QED) is 0.623. The van der Waals surface area contributed by atoms with Gasteiger partial charge in [0.05, 0.1) is 16.3 Å². The topological polar surface area (TPSA) is 42.1 Å². The monoisotopic (exact) mass is 424 g/mol. The number of quaternary nitrogens is 2. The first-order valence-corrected chi connectivity index (χ1v) is 11.6. The van der Waals surface area contributed by atoms with Crippen LogP contribution in [0.5, 0.6) is 0 Å². The molecular formula is C24H32N4OS+2. The van der Waals surface area contributed by atoms with Crippen molar-refractivity contribution in [2.45, 2.75) is 26.4 Å². The number of para-hydroxylation sites is 1. The summed E-state index contributed by atoms with van der Waals surface area (Å²) in [6, 6.07) is 17.0. The number of likely N-dealkylation sites (N-methyl/N-ethyl adjacent to an activating group) is 1. The summed E-state index contributed by atoms with van der Waals surface area (Å²) in [6.45, 7) is 10.2. The normalized spacial score (nSPS) is 20.2. The molecule has 158 valence electrons. The van der Waals surface area contributed by atoms with E-state index in [1.54, 1.807) is 16.2 Å². The van der Waals surface area contributed by atoms with Gasteiger partial charge in [0.1, 0.15) is 37.7 Å². The third kappa shape index (κ3) is 4.89. The number of hydrogen-bond acceptors (Lipinski definition) is 3. The largest absolute Gasteiger partial charge is 0.332 e. The van der Waals surface area contributed by atoms with Crippen molar-refractivity contribution in [3.63, 3.8) is 0 Å². The minimum atomic E-state index is 0.00235. The Bertz CT molecular complexity index is 976. The van der Waals surface area contributed by atoms with Crippen LogP contribution in [0.4, 0.5) is 0 Å². The molecule has 0 spiro atoms. The molecule has 0 saturated carbocycles. The third-order valence-electron chi connectivity index (χ3n) is 6.24. The molecule has 1 aromatic heterocycles. The second kappa shape index (κ2) is 9.25. The van der Waals surface area contributed by atoms with E-state index in [4.69, 9.17) is 4.98 Å². The number of carbonyl (C=O) groups is 1. The summed E-state index contributed by atoms with van der Waals surface area (Å²) in [5.74, 6) is 0.207. The summed E-state index contributed by atoms with van der Waals surface area (Å²) in [5.41, 5.74) is 3.75. The Labute approximate surface area is 182 Å². The number of amides is 1. The minimum absolute atomic E-state index is 0.00235. The molecule has 30 heavy (non-hydrogen) atoms. The van der Waals surface area contributed by atoms with E-state index < -0.39 is 0 Å². The Hall–Kier alpha value is -2.28. The average Bonchev–Trinajstić information content (AvgIpc) is 3.18. The molecule has 4 rings (SSSR count). The lowest BCUT2D eigenvalue weighted by Gasteiger charge is -2.31.